The van der Waals surface area contributed by atoms with Crippen molar-refractivity contribution in [2.45, 2.75) is 11.7 Å². The van der Waals surface area contributed by atoms with Crippen LogP contribution in [0.15, 0.2) is 41.9 Å². The van der Waals surface area contributed by atoms with Gasteiger partial charge in [0.15, 0.2) is 5.17 Å². The van der Waals surface area contributed by atoms with E-state index in [2.05, 4.69) is 22.2 Å². The van der Waals surface area contributed by atoms with E-state index in [9.17, 15) is 19.7 Å². The van der Waals surface area contributed by atoms with Gasteiger partial charge in [0.1, 0.15) is 10.9 Å². The molecule has 0 radical (unpaired) electrons. The molecule has 1 aromatic carbocycles. The maximum atomic E-state index is 12.0. The fraction of sp³-hybridized carbons (Fsp3) is 0.214. The van der Waals surface area contributed by atoms with Gasteiger partial charge >= 0.3 is 0 Å². The van der Waals surface area contributed by atoms with Crippen molar-refractivity contribution < 1.29 is 14.5 Å². The maximum Gasteiger partial charge on any atom is 0.292 e. The molecule has 1 aliphatic rings. The number of nitro benzene ring substituents is 1. The van der Waals surface area contributed by atoms with Gasteiger partial charge in [0.25, 0.3) is 5.69 Å². The Balaban J connectivity index is 1.99. The molecule has 1 aliphatic heterocycles. The lowest BCUT2D eigenvalue weighted by molar-refractivity contribution is -0.383. The molecule has 0 unspecified atom stereocenters. The topological polar surface area (TPSA) is 114 Å². The predicted molar refractivity (Wildman–Crippen MR) is 88.4 cm³/mol. The number of thioether (sulfide) groups is 1. The minimum Gasteiger partial charge on any atom is -0.320 e. The molecule has 1 aromatic rings. The molecule has 1 atom stereocenters. The van der Waals surface area contributed by atoms with Gasteiger partial charge in [-0.05, 0) is 6.07 Å². The molecule has 0 bridgehead atoms. The van der Waals surface area contributed by atoms with Crippen molar-refractivity contribution in [1.29, 1.82) is 0 Å². The molecule has 1 heterocycles. The van der Waals surface area contributed by atoms with E-state index in [4.69, 9.17) is 0 Å². The number of benzene rings is 1. The number of nitrogens with one attached hydrogen (secondary N) is 2. The van der Waals surface area contributed by atoms with Crippen LogP contribution in [0.2, 0.25) is 0 Å². The van der Waals surface area contributed by atoms with Crippen LogP contribution in [0.25, 0.3) is 0 Å². The average molecular weight is 334 g/mol. The average Bonchev–Trinajstić information content (AvgIpc) is 2.85. The molecule has 0 aromatic heterocycles. The number of para-hydroxylation sites is 2. The number of rotatable bonds is 6. The first kappa shape index (κ1) is 16.7. The Morgan fingerprint density at radius 3 is 2.96 bits per heavy atom. The third-order valence-electron chi connectivity index (χ3n) is 2.89. The molecule has 0 saturated carbocycles. The number of amidine groups is 1. The van der Waals surface area contributed by atoms with Gasteiger partial charge in [0.2, 0.25) is 11.8 Å². The van der Waals surface area contributed by atoms with E-state index >= 15 is 0 Å². The minimum atomic E-state index is -0.610. The van der Waals surface area contributed by atoms with E-state index in [0.29, 0.717) is 11.7 Å². The number of hydrogen-bond donors (Lipinski definition) is 2. The Morgan fingerprint density at radius 2 is 2.26 bits per heavy atom. The number of anilines is 1. The highest BCUT2D eigenvalue weighted by Crippen LogP contribution is 2.26. The standard InChI is InChI=1S/C14H14N4O4S/c1-2-7-15-14-17-13(20)11(23-14)8-12(19)16-9-5-3-4-6-10(9)18(21)22/h2-6,11H,1,7-8H2,(H,16,19)(H,15,17,20)/t11-/m1/s1. The Kier molecular flexibility index (Phi) is 5.47. The summed E-state index contributed by atoms with van der Waals surface area (Å²) in [7, 11) is 0. The molecule has 2 rings (SSSR count). The SMILES string of the molecule is C=CCN=C1NC(=O)[C@@H](CC(=O)Nc2ccccc2[N+](=O)[O-])S1. The van der Waals surface area contributed by atoms with Crippen LogP contribution in [0.4, 0.5) is 11.4 Å². The molecule has 0 spiro atoms. The summed E-state index contributed by atoms with van der Waals surface area (Å²) in [5.74, 6) is -0.785. The summed E-state index contributed by atoms with van der Waals surface area (Å²) < 4.78 is 0. The quantitative estimate of drug-likeness (QED) is 0.467. The van der Waals surface area contributed by atoms with Gasteiger partial charge in [-0.25, -0.2) is 0 Å². The summed E-state index contributed by atoms with van der Waals surface area (Å²) in [6.07, 6.45) is 1.49. The summed E-state index contributed by atoms with van der Waals surface area (Å²) in [4.78, 5) is 38.2. The van der Waals surface area contributed by atoms with Gasteiger partial charge < -0.3 is 10.6 Å². The molecule has 9 heteroatoms. The van der Waals surface area contributed by atoms with Crippen molar-refractivity contribution in [3.63, 3.8) is 0 Å². The molecule has 23 heavy (non-hydrogen) atoms. The summed E-state index contributed by atoms with van der Waals surface area (Å²) in [6.45, 7) is 3.90. The van der Waals surface area contributed by atoms with Gasteiger partial charge in [-0.15, -0.1) is 6.58 Å². The highest BCUT2D eigenvalue weighted by molar-refractivity contribution is 8.15. The smallest absolute Gasteiger partial charge is 0.292 e. The lowest BCUT2D eigenvalue weighted by atomic mass is 10.2. The molecule has 1 saturated heterocycles. The first-order valence-electron chi connectivity index (χ1n) is 6.67. The zero-order valence-corrected chi connectivity index (χ0v) is 12.8. The number of nitro groups is 1. The van der Waals surface area contributed by atoms with Gasteiger partial charge in [-0.3, -0.25) is 24.7 Å². The first-order valence-corrected chi connectivity index (χ1v) is 7.55. The lowest BCUT2D eigenvalue weighted by Gasteiger charge is -2.07. The lowest BCUT2D eigenvalue weighted by Crippen LogP contribution is -2.28. The number of carbonyl (C=O) groups is 2. The maximum absolute atomic E-state index is 12.0. The van der Waals surface area contributed by atoms with Gasteiger partial charge in [-0.2, -0.15) is 0 Å². The second kappa shape index (κ2) is 7.54. The van der Waals surface area contributed by atoms with Crippen LogP contribution in [0.1, 0.15) is 6.42 Å². The Morgan fingerprint density at radius 1 is 1.52 bits per heavy atom. The summed E-state index contributed by atoms with van der Waals surface area (Å²) in [5.41, 5.74) is -0.0935. The van der Waals surface area contributed by atoms with Crippen LogP contribution in [-0.4, -0.2) is 33.7 Å². The monoisotopic (exact) mass is 334 g/mol. The molecular formula is C14H14N4O4S. The highest BCUT2D eigenvalue weighted by Gasteiger charge is 2.32. The second-order valence-electron chi connectivity index (χ2n) is 4.56. The van der Waals surface area contributed by atoms with Crippen LogP contribution in [0.3, 0.4) is 0 Å². The van der Waals surface area contributed by atoms with Crippen molar-refractivity contribution in [3.05, 3.63) is 47.0 Å². The second-order valence-corrected chi connectivity index (χ2v) is 5.75. The third kappa shape index (κ3) is 4.39. The molecule has 2 amide bonds. The van der Waals surface area contributed by atoms with Crippen molar-refractivity contribution in [2.75, 3.05) is 11.9 Å². The van der Waals surface area contributed by atoms with E-state index in [0.717, 1.165) is 11.8 Å². The van der Waals surface area contributed by atoms with Crippen molar-refractivity contribution in [1.82, 2.24) is 5.32 Å². The number of aliphatic imine (C=N–C) groups is 1. The molecule has 1 fully saturated rings. The van der Waals surface area contributed by atoms with E-state index < -0.39 is 16.1 Å². The number of amides is 2. The Bertz CT molecular complexity index is 689. The van der Waals surface area contributed by atoms with Crippen LogP contribution < -0.4 is 10.6 Å². The van der Waals surface area contributed by atoms with Crippen LogP contribution >= 0.6 is 11.8 Å². The predicted octanol–water partition coefficient (Wildman–Crippen LogP) is 1.70. The van der Waals surface area contributed by atoms with Crippen molar-refractivity contribution >= 4 is 40.1 Å². The molecule has 2 N–H and O–H groups in total. The van der Waals surface area contributed by atoms with E-state index in [-0.39, 0.29) is 23.7 Å². The summed E-state index contributed by atoms with van der Waals surface area (Å²) in [5, 5.41) is 15.8. The van der Waals surface area contributed by atoms with Crippen LogP contribution in [0, 0.1) is 10.1 Å². The van der Waals surface area contributed by atoms with Gasteiger partial charge in [0.05, 0.1) is 11.5 Å². The van der Waals surface area contributed by atoms with Crippen LogP contribution in [-0.2, 0) is 9.59 Å². The zero-order valence-electron chi connectivity index (χ0n) is 12.0. The number of nitrogens with zero attached hydrogens (tertiary/aromatic N) is 2. The van der Waals surface area contributed by atoms with E-state index in [1.54, 1.807) is 12.1 Å². The molecule has 120 valence electrons. The molecular weight excluding hydrogens is 320 g/mol. The molecule has 0 aliphatic carbocycles. The number of hydrogen-bond acceptors (Lipinski definition) is 6. The third-order valence-corrected chi connectivity index (χ3v) is 4.01. The van der Waals surface area contributed by atoms with Crippen molar-refractivity contribution in [2.24, 2.45) is 4.99 Å². The fourth-order valence-electron chi connectivity index (χ4n) is 1.87. The summed E-state index contributed by atoms with van der Waals surface area (Å²) in [6, 6.07) is 5.83. The van der Waals surface area contributed by atoms with Crippen LogP contribution in [0.5, 0.6) is 0 Å². The van der Waals surface area contributed by atoms with Gasteiger partial charge in [-0.1, -0.05) is 30.0 Å². The Hall–Kier alpha value is -2.68. The zero-order chi connectivity index (χ0) is 16.8. The van der Waals surface area contributed by atoms with Crippen molar-refractivity contribution in [3.8, 4) is 0 Å². The fourth-order valence-corrected chi connectivity index (χ4v) is 2.85. The normalized spacial score (nSPS) is 18.5. The molecule has 8 nitrogen and oxygen atoms in total. The van der Waals surface area contributed by atoms with Gasteiger partial charge in [0, 0.05) is 12.5 Å². The Labute approximate surface area is 136 Å². The largest absolute Gasteiger partial charge is 0.320 e. The number of carbonyl (C=O) groups excluding carboxylic acids is 2. The first-order chi connectivity index (χ1) is 11.0. The minimum absolute atomic E-state index is 0.102. The summed E-state index contributed by atoms with van der Waals surface area (Å²) >= 11 is 1.15. The highest BCUT2D eigenvalue weighted by atomic mass is 32.2. The van der Waals surface area contributed by atoms with E-state index in [1.807, 2.05) is 0 Å². The van der Waals surface area contributed by atoms with E-state index in [1.165, 1.54) is 18.2 Å².